The van der Waals surface area contributed by atoms with Gasteiger partial charge in [0.05, 0.1) is 0 Å². The minimum Gasteiger partial charge on any atom is -0.335 e. The highest BCUT2D eigenvalue weighted by Gasteiger charge is 2.16. The molecular weight excluding hydrogens is 212 g/mol. The summed E-state index contributed by atoms with van der Waals surface area (Å²) in [6.07, 6.45) is 4.72. The lowest BCUT2D eigenvalue weighted by Crippen LogP contribution is -2.40. The second kappa shape index (κ2) is 5.71. The van der Waals surface area contributed by atoms with Gasteiger partial charge in [0, 0.05) is 12.6 Å². The van der Waals surface area contributed by atoms with Crippen molar-refractivity contribution >= 4 is 6.03 Å². The second-order valence-electron chi connectivity index (χ2n) is 4.79. The van der Waals surface area contributed by atoms with Crippen molar-refractivity contribution in [1.82, 2.24) is 10.6 Å². The van der Waals surface area contributed by atoms with Crippen LogP contribution in [0.2, 0.25) is 0 Å². The molecule has 0 bridgehead atoms. The smallest absolute Gasteiger partial charge is 0.315 e. The maximum absolute atomic E-state index is 11.6. The summed E-state index contributed by atoms with van der Waals surface area (Å²) < 4.78 is 0. The molecule has 3 nitrogen and oxygen atoms in total. The maximum atomic E-state index is 11.6. The van der Waals surface area contributed by atoms with Gasteiger partial charge in [0.1, 0.15) is 0 Å². The van der Waals surface area contributed by atoms with Gasteiger partial charge in [-0.05, 0) is 25.3 Å². The van der Waals surface area contributed by atoms with Gasteiger partial charge in [-0.1, -0.05) is 42.7 Å². The van der Waals surface area contributed by atoms with Gasteiger partial charge in [0.25, 0.3) is 0 Å². The van der Waals surface area contributed by atoms with Crippen LogP contribution in [-0.2, 0) is 6.54 Å². The third kappa shape index (κ3) is 3.77. The molecule has 92 valence electrons. The van der Waals surface area contributed by atoms with Gasteiger partial charge >= 0.3 is 6.03 Å². The van der Waals surface area contributed by atoms with Gasteiger partial charge in [-0.25, -0.2) is 4.79 Å². The van der Waals surface area contributed by atoms with E-state index in [0.29, 0.717) is 12.6 Å². The van der Waals surface area contributed by atoms with Crippen LogP contribution in [0.1, 0.15) is 36.8 Å². The van der Waals surface area contributed by atoms with E-state index in [1.807, 2.05) is 12.1 Å². The highest BCUT2D eigenvalue weighted by atomic mass is 16.2. The largest absolute Gasteiger partial charge is 0.335 e. The molecule has 3 heteroatoms. The molecule has 0 aromatic heterocycles. The first-order valence-corrected chi connectivity index (χ1v) is 6.34. The Morgan fingerprint density at radius 2 is 1.88 bits per heavy atom. The molecule has 2 rings (SSSR count). The number of nitrogens with one attached hydrogen (secondary N) is 2. The fraction of sp³-hybridized carbons (Fsp3) is 0.500. The fourth-order valence-electron chi connectivity index (χ4n) is 2.19. The zero-order valence-electron chi connectivity index (χ0n) is 10.3. The Bertz CT molecular complexity index is 366. The summed E-state index contributed by atoms with van der Waals surface area (Å²) in [6.45, 7) is 2.66. The third-order valence-corrected chi connectivity index (χ3v) is 3.26. The van der Waals surface area contributed by atoms with Gasteiger partial charge in [-0.3, -0.25) is 0 Å². The van der Waals surface area contributed by atoms with E-state index in [4.69, 9.17) is 0 Å². The van der Waals surface area contributed by atoms with Crippen molar-refractivity contribution in [2.45, 2.75) is 45.2 Å². The zero-order valence-corrected chi connectivity index (χ0v) is 10.3. The van der Waals surface area contributed by atoms with E-state index in [2.05, 4.69) is 29.7 Å². The van der Waals surface area contributed by atoms with Gasteiger partial charge < -0.3 is 10.6 Å². The summed E-state index contributed by atoms with van der Waals surface area (Å²) in [5.41, 5.74) is 2.38. The Morgan fingerprint density at radius 3 is 2.53 bits per heavy atom. The zero-order chi connectivity index (χ0) is 12.1. The van der Waals surface area contributed by atoms with E-state index in [0.717, 1.165) is 18.4 Å². The molecule has 17 heavy (non-hydrogen) atoms. The van der Waals surface area contributed by atoms with Crippen molar-refractivity contribution in [1.29, 1.82) is 0 Å². The van der Waals surface area contributed by atoms with Crippen LogP contribution in [0.25, 0.3) is 0 Å². The van der Waals surface area contributed by atoms with Gasteiger partial charge in [-0.15, -0.1) is 0 Å². The summed E-state index contributed by atoms with van der Waals surface area (Å²) in [7, 11) is 0. The summed E-state index contributed by atoms with van der Waals surface area (Å²) in [5.74, 6) is 0. The average molecular weight is 232 g/mol. The van der Waals surface area contributed by atoms with E-state index >= 15 is 0 Å². The molecular formula is C14H20N2O. The second-order valence-corrected chi connectivity index (χ2v) is 4.79. The Hall–Kier alpha value is -1.51. The lowest BCUT2D eigenvalue weighted by molar-refractivity contribution is 0.236. The summed E-state index contributed by atoms with van der Waals surface area (Å²) in [6, 6.07) is 8.55. The molecule has 1 fully saturated rings. The molecule has 1 aromatic carbocycles. The predicted molar refractivity (Wildman–Crippen MR) is 68.8 cm³/mol. The Kier molecular flexibility index (Phi) is 4.02. The lowest BCUT2D eigenvalue weighted by Gasteiger charge is -2.13. The van der Waals surface area contributed by atoms with Gasteiger partial charge in [0.15, 0.2) is 0 Å². The quantitative estimate of drug-likeness (QED) is 0.826. The van der Waals surface area contributed by atoms with E-state index in [1.54, 1.807) is 0 Å². The molecule has 0 atom stereocenters. The van der Waals surface area contributed by atoms with Crippen molar-refractivity contribution in [3.8, 4) is 0 Å². The molecule has 0 aliphatic heterocycles. The number of urea groups is 1. The summed E-state index contributed by atoms with van der Waals surface area (Å²) >= 11 is 0. The van der Waals surface area contributed by atoms with Gasteiger partial charge in [0.2, 0.25) is 0 Å². The number of hydrogen-bond acceptors (Lipinski definition) is 1. The van der Waals surface area contributed by atoms with E-state index in [1.165, 1.54) is 18.4 Å². The van der Waals surface area contributed by atoms with Crippen LogP contribution in [0, 0.1) is 6.92 Å². The Labute approximate surface area is 103 Å². The van der Waals surface area contributed by atoms with Crippen LogP contribution >= 0.6 is 0 Å². The summed E-state index contributed by atoms with van der Waals surface area (Å²) in [4.78, 5) is 11.6. The molecule has 0 spiro atoms. The molecule has 1 aliphatic rings. The molecule has 1 aromatic rings. The Morgan fingerprint density at radius 1 is 1.24 bits per heavy atom. The molecule has 0 radical (unpaired) electrons. The molecule has 0 saturated heterocycles. The van der Waals surface area contributed by atoms with Crippen LogP contribution in [0.3, 0.4) is 0 Å². The number of benzene rings is 1. The highest BCUT2D eigenvalue weighted by Crippen LogP contribution is 2.17. The predicted octanol–water partition coefficient (Wildman–Crippen LogP) is 2.74. The van der Waals surface area contributed by atoms with Gasteiger partial charge in [-0.2, -0.15) is 0 Å². The number of hydrogen-bond donors (Lipinski definition) is 2. The Balaban J connectivity index is 1.73. The van der Waals surface area contributed by atoms with Crippen molar-refractivity contribution in [3.05, 3.63) is 35.4 Å². The first-order valence-electron chi connectivity index (χ1n) is 6.34. The fourth-order valence-corrected chi connectivity index (χ4v) is 2.19. The molecule has 1 aliphatic carbocycles. The normalized spacial score (nSPS) is 15.8. The van der Waals surface area contributed by atoms with Crippen LogP contribution in [0.5, 0.6) is 0 Å². The minimum atomic E-state index is -0.0440. The molecule has 2 amide bonds. The number of carbonyl (C=O) groups is 1. The first-order chi connectivity index (χ1) is 8.24. The van der Waals surface area contributed by atoms with Crippen molar-refractivity contribution in [2.75, 3.05) is 0 Å². The van der Waals surface area contributed by atoms with E-state index in [-0.39, 0.29) is 6.03 Å². The van der Waals surface area contributed by atoms with Crippen LogP contribution in [0.4, 0.5) is 4.79 Å². The minimum absolute atomic E-state index is 0.0440. The lowest BCUT2D eigenvalue weighted by atomic mass is 10.1. The standard InChI is InChI=1S/C14H20N2O/c1-11-6-8-12(9-7-11)10-15-14(17)16-13-4-2-3-5-13/h6-9,13H,2-5,10H2,1H3,(H2,15,16,17). The van der Waals surface area contributed by atoms with Crippen molar-refractivity contribution in [3.63, 3.8) is 0 Å². The van der Waals surface area contributed by atoms with Crippen LogP contribution in [0.15, 0.2) is 24.3 Å². The number of amides is 2. The van der Waals surface area contributed by atoms with Crippen molar-refractivity contribution in [2.24, 2.45) is 0 Å². The monoisotopic (exact) mass is 232 g/mol. The highest BCUT2D eigenvalue weighted by molar-refractivity contribution is 5.74. The average Bonchev–Trinajstić information content (AvgIpc) is 2.81. The number of aryl methyl sites for hydroxylation is 1. The topological polar surface area (TPSA) is 41.1 Å². The molecule has 2 N–H and O–H groups in total. The number of rotatable bonds is 3. The SMILES string of the molecule is Cc1ccc(CNC(=O)NC2CCCC2)cc1. The van der Waals surface area contributed by atoms with E-state index in [9.17, 15) is 4.79 Å². The molecule has 0 unspecified atom stereocenters. The summed E-state index contributed by atoms with van der Waals surface area (Å²) in [5, 5.41) is 5.91. The van der Waals surface area contributed by atoms with Crippen LogP contribution in [-0.4, -0.2) is 12.1 Å². The van der Waals surface area contributed by atoms with Crippen LogP contribution < -0.4 is 10.6 Å². The van der Waals surface area contributed by atoms with Crippen molar-refractivity contribution < 1.29 is 4.79 Å². The first kappa shape index (κ1) is 12.0. The number of carbonyl (C=O) groups excluding carboxylic acids is 1. The molecule has 0 heterocycles. The van der Waals surface area contributed by atoms with E-state index < -0.39 is 0 Å². The molecule has 1 saturated carbocycles. The third-order valence-electron chi connectivity index (χ3n) is 3.26. The maximum Gasteiger partial charge on any atom is 0.315 e.